The Hall–Kier alpha value is -7.24. The Kier molecular flexibility index (Phi) is 6.75. The largest absolute Gasteiger partial charge is 0.483 e. The second-order valence-electron chi connectivity index (χ2n) is 14.8. The lowest BCUT2D eigenvalue weighted by Crippen LogP contribution is -2.46. The van der Waals surface area contributed by atoms with Gasteiger partial charge in [0.1, 0.15) is 17.4 Å². The Morgan fingerprint density at radius 3 is 2.43 bits per heavy atom. The number of allylic oxidation sites excluding steroid dienone is 3. The molecule has 5 heteroatoms. The molecule has 0 spiro atoms. The van der Waals surface area contributed by atoms with Crippen molar-refractivity contribution in [2.75, 3.05) is 11.4 Å². The van der Waals surface area contributed by atoms with Crippen molar-refractivity contribution < 1.29 is 9.15 Å². The number of aromatic nitrogens is 1. The average molecular weight is 722 g/mol. The smallest absolute Gasteiger partial charge is 0.213 e. The molecule has 5 heterocycles. The van der Waals surface area contributed by atoms with Crippen molar-refractivity contribution in [3.63, 3.8) is 0 Å². The molecule has 1 aliphatic carbocycles. The van der Waals surface area contributed by atoms with E-state index in [2.05, 4.69) is 197 Å². The van der Waals surface area contributed by atoms with Crippen LogP contribution in [0.4, 0.5) is 5.69 Å². The zero-order chi connectivity index (χ0) is 36.7. The molecule has 0 bridgehead atoms. The predicted octanol–water partition coefficient (Wildman–Crippen LogP) is 10.1. The van der Waals surface area contributed by atoms with Crippen LogP contribution in [0.5, 0.6) is 5.75 Å². The molecule has 0 N–H and O–H groups in total. The van der Waals surface area contributed by atoms with Crippen LogP contribution < -0.4 is 20.1 Å². The van der Waals surface area contributed by atoms with Gasteiger partial charge in [-0.1, -0.05) is 121 Å². The van der Waals surface area contributed by atoms with Gasteiger partial charge in [-0.2, -0.15) is 0 Å². The number of ether oxygens (including phenoxy) is 1. The summed E-state index contributed by atoms with van der Waals surface area (Å²) in [6.07, 6.45) is 15.7. The zero-order valence-electron chi connectivity index (χ0n) is 30.4. The molecule has 4 aliphatic rings. The van der Waals surface area contributed by atoms with Gasteiger partial charge in [-0.3, -0.25) is 4.57 Å². The molecule has 3 aliphatic heterocycles. The van der Waals surface area contributed by atoms with Gasteiger partial charge in [0.2, 0.25) is 5.71 Å². The lowest BCUT2D eigenvalue weighted by atomic mass is 9.91. The highest BCUT2D eigenvalue weighted by Gasteiger charge is 2.39. The van der Waals surface area contributed by atoms with Gasteiger partial charge in [0, 0.05) is 56.9 Å². The van der Waals surface area contributed by atoms with Crippen LogP contribution in [0, 0.1) is 0 Å². The van der Waals surface area contributed by atoms with E-state index in [0.29, 0.717) is 0 Å². The minimum Gasteiger partial charge on any atom is -0.483 e. The van der Waals surface area contributed by atoms with E-state index in [4.69, 9.17) is 9.15 Å². The third-order valence-electron chi connectivity index (χ3n) is 11.8. The Bertz CT molecular complexity index is 3160. The normalized spacial score (nSPS) is 17.9. The molecule has 0 radical (unpaired) electrons. The molecular weight excluding hydrogens is 687 g/mol. The van der Waals surface area contributed by atoms with Gasteiger partial charge >= 0.3 is 0 Å². The molecule has 0 fully saturated rings. The summed E-state index contributed by atoms with van der Waals surface area (Å²) in [5, 5.41) is 5.98. The minimum atomic E-state index is -0.144. The first kappa shape index (κ1) is 31.1. The highest BCUT2D eigenvalue weighted by Crippen LogP contribution is 2.44. The fourth-order valence-electron chi connectivity index (χ4n) is 9.18. The molecule has 12 rings (SSSR count). The summed E-state index contributed by atoms with van der Waals surface area (Å²) in [6.45, 7) is 0.817. The number of anilines is 1. The quantitative estimate of drug-likeness (QED) is 0.177. The number of benzene rings is 6. The van der Waals surface area contributed by atoms with Gasteiger partial charge < -0.3 is 19.0 Å². The molecule has 56 heavy (non-hydrogen) atoms. The van der Waals surface area contributed by atoms with E-state index >= 15 is 0 Å². The number of hydrogen-bond acceptors (Lipinski definition) is 4. The fourth-order valence-corrected chi connectivity index (χ4v) is 9.18. The van der Waals surface area contributed by atoms with E-state index in [-0.39, 0.29) is 12.1 Å². The third kappa shape index (κ3) is 4.67. The summed E-state index contributed by atoms with van der Waals surface area (Å²) in [4.78, 5) is 4.81. The zero-order valence-corrected chi connectivity index (χ0v) is 30.4. The molecule has 6 aromatic carbocycles. The van der Waals surface area contributed by atoms with Crippen molar-refractivity contribution in [2.24, 2.45) is 0 Å². The highest BCUT2D eigenvalue weighted by atomic mass is 16.5. The van der Waals surface area contributed by atoms with Gasteiger partial charge in [0.05, 0.1) is 22.6 Å². The summed E-state index contributed by atoms with van der Waals surface area (Å²) in [5.74, 6) is 0.939. The monoisotopic (exact) mass is 721 g/mol. The second kappa shape index (κ2) is 12.1. The SMILES string of the molecule is C1=CC(N(C2=CN3CC=c4ccccc4=C3C=C2)c2ccc(-c3ccc4oc5c(c4c3)c3ccccc3n5-c3ccccc3)cc2)C2Oc3ccccc3C2=C1. The maximum absolute atomic E-state index is 6.74. The predicted molar refractivity (Wildman–Crippen MR) is 228 cm³/mol. The first-order valence-electron chi connectivity index (χ1n) is 19.3. The summed E-state index contributed by atoms with van der Waals surface area (Å²) in [5.41, 5.74) is 12.1. The molecule has 2 aromatic heterocycles. The van der Waals surface area contributed by atoms with Crippen LogP contribution in [-0.4, -0.2) is 28.2 Å². The molecule has 2 atom stereocenters. The summed E-state index contributed by atoms with van der Waals surface area (Å²) < 4.78 is 15.6. The van der Waals surface area contributed by atoms with Gasteiger partial charge in [0.25, 0.3) is 0 Å². The Morgan fingerprint density at radius 1 is 0.696 bits per heavy atom. The number of nitrogens with zero attached hydrogens (tertiary/aromatic N) is 3. The van der Waals surface area contributed by atoms with E-state index < -0.39 is 0 Å². The van der Waals surface area contributed by atoms with Crippen molar-refractivity contribution in [1.29, 1.82) is 0 Å². The molecule has 8 aromatic rings. The second-order valence-corrected chi connectivity index (χ2v) is 14.8. The van der Waals surface area contributed by atoms with E-state index in [1.54, 1.807) is 0 Å². The lowest BCUT2D eigenvalue weighted by Gasteiger charge is -2.39. The molecule has 2 unspecified atom stereocenters. The first-order chi connectivity index (χ1) is 27.8. The maximum Gasteiger partial charge on any atom is 0.213 e. The molecule has 0 amide bonds. The molecule has 266 valence electrons. The maximum atomic E-state index is 6.74. The van der Waals surface area contributed by atoms with Crippen LogP contribution in [0.1, 0.15) is 5.56 Å². The number of hydrogen-bond donors (Lipinski definition) is 0. The van der Waals surface area contributed by atoms with Crippen LogP contribution in [-0.2, 0) is 0 Å². The van der Waals surface area contributed by atoms with E-state index in [9.17, 15) is 0 Å². The average Bonchev–Trinajstić information content (AvgIpc) is 3.93. The van der Waals surface area contributed by atoms with Gasteiger partial charge in [-0.15, -0.1) is 0 Å². The van der Waals surface area contributed by atoms with Gasteiger partial charge in [-0.05, 0) is 77.0 Å². The Labute approximate surface area is 323 Å². The number of fused-ring (bicyclic) bond motifs is 10. The standard InChI is InChI=1S/C51H35N3O2/c1-2-12-36(13-3-1)54-45-18-8-6-16-42(45)49-43-31-35(23-28-48(43)56-51(49)54)33-21-24-37(25-22-33)53(46-19-10-17-41-40-15-7-9-20-47(40)55-50(41)46)38-26-27-44-39-14-5-4-11-34(39)29-30-52(44)32-38/h1-29,31-32,46,50H,30H2. The first-order valence-corrected chi connectivity index (χ1v) is 19.3. The minimum absolute atomic E-state index is 0.0655. The van der Waals surface area contributed by atoms with Crippen molar-refractivity contribution >= 4 is 56.0 Å². The van der Waals surface area contributed by atoms with Gasteiger partial charge in [-0.25, -0.2) is 0 Å². The van der Waals surface area contributed by atoms with E-state index in [1.807, 2.05) is 6.07 Å². The molecular formula is C51H35N3O2. The topological polar surface area (TPSA) is 33.8 Å². The van der Waals surface area contributed by atoms with Crippen molar-refractivity contribution in [1.82, 2.24) is 9.47 Å². The number of para-hydroxylation sites is 3. The summed E-state index contributed by atoms with van der Waals surface area (Å²) in [6, 6.07) is 51.6. The Morgan fingerprint density at radius 2 is 1.50 bits per heavy atom. The fraction of sp³-hybridized carbons (Fsp3) is 0.0588. The highest BCUT2D eigenvalue weighted by molar-refractivity contribution is 6.20. The van der Waals surface area contributed by atoms with E-state index in [0.717, 1.165) is 68.1 Å². The van der Waals surface area contributed by atoms with Gasteiger partial charge in [0.15, 0.2) is 0 Å². The molecule has 0 saturated carbocycles. The van der Waals surface area contributed by atoms with E-state index in [1.165, 1.54) is 32.7 Å². The molecule has 0 saturated heterocycles. The number of rotatable bonds is 5. The van der Waals surface area contributed by atoms with Crippen molar-refractivity contribution in [3.8, 4) is 22.6 Å². The Balaban J connectivity index is 0.957. The molecule has 5 nitrogen and oxygen atoms in total. The summed E-state index contributed by atoms with van der Waals surface area (Å²) >= 11 is 0. The lowest BCUT2D eigenvalue weighted by molar-refractivity contribution is 0.256. The van der Waals surface area contributed by atoms with Crippen molar-refractivity contribution in [3.05, 3.63) is 204 Å². The van der Waals surface area contributed by atoms with Crippen molar-refractivity contribution in [2.45, 2.75) is 12.1 Å². The third-order valence-corrected chi connectivity index (χ3v) is 11.8. The van der Waals surface area contributed by atoms with Crippen LogP contribution in [0.2, 0.25) is 0 Å². The summed E-state index contributed by atoms with van der Waals surface area (Å²) in [7, 11) is 0. The van der Waals surface area contributed by atoms with Crippen LogP contribution >= 0.6 is 0 Å². The van der Waals surface area contributed by atoms with Crippen LogP contribution in [0.3, 0.4) is 0 Å². The van der Waals surface area contributed by atoms with Crippen LogP contribution in [0.15, 0.2) is 192 Å². The van der Waals surface area contributed by atoms with Crippen LogP contribution in [0.25, 0.3) is 67.1 Å². The number of furan rings is 1.